The molecule has 3 heteroatoms. The Balaban J connectivity index is 2.08. The average Bonchev–Trinajstić information content (AvgIpc) is 2.93. The van der Waals surface area contributed by atoms with Crippen LogP contribution in [0.1, 0.15) is 23.0 Å². The summed E-state index contributed by atoms with van der Waals surface area (Å²) in [6.45, 7) is 2.22. The maximum absolute atomic E-state index is 11.8. The van der Waals surface area contributed by atoms with E-state index in [2.05, 4.69) is 17.1 Å². The van der Waals surface area contributed by atoms with Crippen LogP contribution in [0.5, 0.6) is 0 Å². The summed E-state index contributed by atoms with van der Waals surface area (Å²) in [7, 11) is 0. The molecule has 0 atom stereocenters. The first-order valence-corrected chi connectivity index (χ1v) is 6.91. The smallest absolute Gasteiger partial charge is 0.177 e. The van der Waals surface area contributed by atoms with Crippen LogP contribution in [-0.2, 0) is 6.54 Å². The van der Waals surface area contributed by atoms with Crippen molar-refractivity contribution in [3.05, 3.63) is 78.1 Å². The lowest BCUT2D eigenvalue weighted by atomic mass is 10.2. The van der Waals surface area contributed by atoms with Gasteiger partial charge in [-0.2, -0.15) is 0 Å². The topological polar surface area (TPSA) is 34.9 Å². The lowest BCUT2D eigenvalue weighted by Crippen LogP contribution is -2.09. The van der Waals surface area contributed by atoms with Crippen LogP contribution in [0, 0.1) is 0 Å². The van der Waals surface area contributed by atoms with Gasteiger partial charge in [0.05, 0.1) is 6.20 Å². The van der Waals surface area contributed by atoms with E-state index in [1.807, 2.05) is 53.1 Å². The third-order valence-electron chi connectivity index (χ3n) is 3.43. The molecule has 0 aliphatic carbocycles. The molecule has 0 radical (unpaired) electrons. The van der Waals surface area contributed by atoms with E-state index in [0.29, 0.717) is 12.2 Å². The molecule has 21 heavy (non-hydrogen) atoms. The van der Waals surface area contributed by atoms with E-state index in [-0.39, 0.29) is 5.78 Å². The third kappa shape index (κ3) is 2.77. The Kier molecular flexibility index (Phi) is 3.65. The first-order valence-electron chi connectivity index (χ1n) is 6.91. The first-order chi connectivity index (χ1) is 10.3. The number of carbonyl (C=O) groups is 1. The Morgan fingerprint density at radius 3 is 2.24 bits per heavy atom. The van der Waals surface area contributed by atoms with Crippen molar-refractivity contribution in [3.63, 3.8) is 0 Å². The molecule has 0 aliphatic heterocycles. The van der Waals surface area contributed by atoms with Gasteiger partial charge in [0.2, 0.25) is 0 Å². The number of imidazole rings is 1. The molecule has 0 bridgehead atoms. The van der Waals surface area contributed by atoms with Crippen LogP contribution in [0.15, 0.2) is 66.9 Å². The van der Waals surface area contributed by atoms with Crippen LogP contribution in [0.4, 0.5) is 0 Å². The van der Waals surface area contributed by atoms with Gasteiger partial charge in [-0.1, -0.05) is 60.7 Å². The monoisotopic (exact) mass is 276 g/mol. The Morgan fingerprint density at radius 2 is 1.62 bits per heavy atom. The van der Waals surface area contributed by atoms with Gasteiger partial charge in [-0.25, -0.2) is 4.98 Å². The molecule has 0 fully saturated rings. The van der Waals surface area contributed by atoms with E-state index in [1.165, 1.54) is 0 Å². The Hall–Kier alpha value is -2.68. The number of benzene rings is 2. The zero-order valence-corrected chi connectivity index (χ0v) is 11.9. The molecule has 0 saturated carbocycles. The highest BCUT2D eigenvalue weighted by atomic mass is 16.1. The maximum Gasteiger partial charge on any atom is 0.177 e. The van der Waals surface area contributed by atoms with Gasteiger partial charge in [0.1, 0.15) is 11.5 Å². The second-order valence-electron chi connectivity index (χ2n) is 4.96. The molecule has 0 N–H and O–H groups in total. The van der Waals surface area contributed by atoms with Crippen molar-refractivity contribution in [1.82, 2.24) is 9.55 Å². The molecule has 0 amide bonds. The fourth-order valence-corrected chi connectivity index (χ4v) is 2.40. The van der Waals surface area contributed by atoms with E-state index in [9.17, 15) is 4.79 Å². The number of nitrogens with zero attached hydrogens (tertiary/aromatic N) is 2. The predicted octanol–water partition coefficient (Wildman–Crippen LogP) is 3.80. The van der Waals surface area contributed by atoms with Gasteiger partial charge in [-0.3, -0.25) is 4.79 Å². The minimum Gasteiger partial charge on any atom is -0.317 e. The number of carbonyl (C=O) groups excluding carboxylic acids is 1. The van der Waals surface area contributed by atoms with Crippen molar-refractivity contribution in [2.75, 3.05) is 0 Å². The SMILES string of the molecule is CC(=O)c1cnc(-c2ccccc2)n1Cc1ccccc1. The summed E-state index contributed by atoms with van der Waals surface area (Å²) in [5.74, 6) is 0.852. The fourth-order valence-electron chi connectivity index (χ4n) is 2.40. The zero-order chi connectivity index (χ0) is 14.7. The van der Waals surface area contributed by atoms with Crippen molar-refractivity contribution in [3.8, 4) is 11.4 Å². The normalized spacial score (nSPS) is 10.5. The van der Waals surface area contributed by atoms with Gasteiger partial charge in [0.15, 0.2) is 5.78 Å². The largest absolute Gasteiger partial charge is 0.317 e. The van der Waals surface area contributed by atoms with Crippen molar-refractivity contribution in [2.24, 2.45) is 0 Å². The molecular weight excluding hydrogens is 260 g/mol. The van der Waals surface area contributed by atoms with Gasteiger partial charge < -0.3 is 4.57 Å². The molecule has 0 spiro atoms. The number of Topliss-reactive ketones (excluding diaryl/α,β-unsaturated/α-hetero) is 1. The molecule has 0 saturated heterocycles. The Morgan fingerprint density at radius 1 is 1.00 bits per heavy atom. The van der Waals surface area contributed by atoms with Gasteiger partial charge in [-0.15, -0.1) is 0 Å². The number of hydrogen-bond acceptors (Lipinski definition) is 2. The van der Waals surface area contributed by atoms with E-state index >= 15 is 0 Å². The summed E-state index contributed by atoms with van der Waals surface area (Å²) in [4.78, 5) is 16.3. The van der Waals surface area contributed by atoms with Crippen LogP contribution in [0.2, 0.25) is 0 Å². The highest BCUT2D eigenvalue weighted by Gasteiger charge is 2.14. The molecule has 0 aliphatic rings. The highest BCUT2D eigenvalue weighted by molar-refractivity contribution is 5.93. The Labute approximate surface area is 123 Å². The van der Waals surface area contributed by atoms with Crippen molar-refractivity contribution in [2.45, 2.75) is 13.5 Å². The van der Waals surface area contributed by atoms with Gasteiger partial charge >= 0.3 is 0 Å². The second-order valence-corrected chi connectivity index (χ2v) is 4.96. The fraction of sp³-hybridized carbons (Fsp3) is 0.111. The van der Waals surface area contributed by atoms with E-state index in [4.69, 9.17) is 0 Å². The van der Waals surface area contributed by atoms with Gasteiger partial charge in [-0.05, 0) is 5.56 Å². The third-order valence-corrected chi connectivity index (χ3v) is 3.43. The first kappa shape index (κ1) is 13.3. The van der Waals surface area contributed by atoms with E-state index < -0.39 is 0 Å². The molecule has 104 valence electrons. The minimum absolute atomic E-state index is 0.0283. The molecule has 0 unspecified atom stereocenters. The summed E-state index contributed by atoms with van der Waals surface area (Å²) in [6, 6.07) is 20.0. The molecule has 3 aromatic rings. The maximum atomic E-state index is 11.8. The summed E-state index contributed by atoms with van der Waals surface area (Å²) < 4.78 is 1.98. The van der Waals surface area contributed by atoms with E-state index in [1.54, 1.807) is 13.1 Å². The van der Waals surface area contributed by atoms with Crippen LogP contribution in [-0.4, -0.2) is 15.3 Å². The zero-order valence-electron chi connectivity index (χ0n) is 11.9. The number of aromatic nitrogens is 2. The minimum atomic E-state index is 0.0283. The Bertz CT molecular complexity index is 745. The number of hydrogen-bond donors (Lipinski definition) is 0. The van der Waals surface area contributed by atoms with Crippen LogP contribution >= 0.6 is 0 Å². The molecular formula is C18H16N2O. The summed E-state index contributed by atoms with van der Waals surface area (Å²) in [5, 5.41) is 0. The second kappa shape index (κ2) is 5.75. The quantitative estimate of drug-likeness (QED) is 0.679. The van der Waals surface area contributed by atoms with Gasteiger partial charge in [0.25, 0.3) is 0 Å². The summed E-state index contributed by atoms with van der Waals surface area (Å²) in [5.41, 5.74) is 2.80. The summed E-state index contributed by atoms with van der Waals surface area (Å²) >= 11 is 0. The number of ketones is 1. The molecule has 3 nitrogen and oxygen atoms in total. The molecule has 2 aromatic carbocycles. The van der Waals surface area contributed by atoms with Crippen molar-refractivity contribution < 1.29 is 4.79 Å². The van der Waals surface area contributed by atoms with Gasteiger partial charge in [0, 0.05) is 19.0 Å². The lowest BCUT2D eigenvalue weighted by molar-refractivity contribution is 0.100. The van der Waals surface area contributed by atoms with Crippen molar-refractivity contribution in [1.29, 1.82) is 0 Å². The van der Waals surface area contributed by atoms with Crippen LogP contribution in [0.25, 0.3) is 11.4 Å². The van der Waals surface area contributed by atoms with Crippen LogP contribution < -0.4 is 0 Å². The highest BCUT2D eigenvalue weighted by Crippen LogP contribution is 2.21. The average molecular weight is 276 g/mol. The molecule has 1 heterocycles. The predicted molar refractivity (Wildman–Crippen MR) is 83.2 cm³/mol. The standard InChI is InChI=1S/C18H16N2O/c1-14(21)17-12-19-18(16-10-6-3-7-11-16)20(17)13-15-8-4-2-5-9-15/h2-12H,13H2,1H3. The summed E-state index contributed by atoms with van der Waals surface area (Å²) in [6.07, 6.45) is 1.66. The molecule has 1 aromatic heterocycles. The molecule has 3 rings (SSSR count). The van der Waals surface area contributed by atoms with Crippen molar-refractivity contribution >= 4 is 5.78 Å². The lowest BCUT2D eigenvalue weighted by Gasteiger charge is -2.11. The van der Waals surface area contributed by atoms with Crippen LogP contribution in [0.3, 0.4) is 0 Å². The van der Waals surface area contributed by atoms with E-state index in [0.717, 1.165) is 17.0 Å². The number of rotatable bonds is 4.